The second-order valence-electron chi connectivity index (χ2n) is 4.77. The number of aromatic nitrogens is 2. The third kappa shape index (κ3) is 3.10. The average Bonchev–Trinajstić information content (AvgIpc) is 2.48. The highest BCUT2D eigenvalue weighted by Crippen LogP contribution is 2.26. The number of rotatable bonds is 3. The summed E-state index contributed by atoms with van der Waals surface area (Å²) in [6.07, 6.45) is 1.62. The van der Waals surface area contributed by atoms with Crippen LogP contribution in [0.25, 0.3) is 0 Å². The zero-order valence-corrected chi connectivity index (χ0v) is 9.37. The minimum absolute atomic E-state index is 0.126. The van der Waals surface area contributed by atoms with Crippen LogP contribution in [0.2, 0.25) is 0 Å². The van der Waals surface area contributed by atoms with Gasteiger partial charge in [0.1, 0.15) is 0 Å². The van der Waals surface area contributed by atoms with Gasteiger partial charge in [-0.15, -0.1) is 0 Å². The zero-order chi connectivity index (χ0) is 10.8. The smallest absolute Gasteiger partial charge is 0.226 e. The molecule has 4 nitrogen and oxygen atoms in total. The minimum atomic E-state index is -0.126. The molecular formula is C10H19N3O. The van der Waals surface area contributed by atoms with E-state index in [1.807, 2.05) is 6.92 Å². The lowest BCUT2D eigenvalue weighted by molar-refractivity contribution is 0.325. The summed E-state index contributed by atoms with van der Waals surface area (Å²) in [4.78, 5) is 4.21. The van der Waals surface area contributed by atoms with Crippen LogP contribution in [0.15, 0.2) is 4.52 Å². The second kappa shape index (κ2) is 4.09. The summed E-state index contributed by atoms with van der Waals surface area (Å²) in [5.41, 5.74) is 6.15. The van der Waals surface area contributed by atoms with Crippen LogP contribution in [0, 0.1) is 5.41 Å². The van der Waals surface area contributed by atoms with E-state index in [0.29, 0.717) is 11.7 Å². The highest BCUT2D eigenvalue weighted by Gasteiger charge is 2.20. The molecule has 1 aromatic rings. The molecule has 0 aliphatic heterocycles. The summed E-state index contributed by atoms with van der Waals surface area (Å²) in [5, 5.41) is 3.86. The highest BCUT2D eigenvalue weighted by atomic mass is 16.5. The lowest BCUT2D eigenvalue weighted by Crippen LogP contribution is -2.19. The molecule has 1 rings (SSSR count). The Labute approximate surface area is 84.9 Å². The topological polar surface area (TPSA) is 64.9 Å². The Bertz CT molecular complexity index is 288. The van der Waals surface area contributed by atoms with E-state index in [1.54, 1.807) is 0 Å². The first-order valence-electron chi connectivity index (χ1n) is 5.00. The third-order valence-corrected chi connectivity index (χ3v) is 1.95. The van der Waals surface area contributed by atoms with Gasteiger partial charge in [0.2, 0.25) is 5.89 Å². The molecule has 14 heavy (non-hydrogen) atoms. The fourth-order valence-electron chi connectivity index (χ4n) is 1.31. The molecule has 0 saturated carbocycles. The van der Waals surface area contributed by atoms with E-state index >= 15 is 0 Å². The number of nitrogens with two attached hydrogens (primary N) is 1. The Morgan fingerprint density at radius 1 is 1.43 bits per heavy atom. The normalized spacial score (nSPS) is 14.4. The standard InChI is InChI=1S/C10H19N3O/c1-5-8-12-9(13-14-8)7(11)6-10(2,3)4/h7H,5-6,11H2,1-4H3. The SMILES string of the molecule is CCc1nc(C(N)CC(C)(C)C)no1. The van der Waals surface area contributed by atoms with Gasteiger partial charge in [-0.1, -0.05) is 32.9 Å². The predicted octanol–water partition coefficient (Wildman–Crippen LogP) is 2.07. The fraction of sp³-hybridized carbons (Fsp3) is 0.800. The van der Waals surface area contributed by atoms with Gasteiger partial charge >= 0.3 is 0 Å². The van der Waals surface area contributed by atoms with Crippen LogP contribution < -0.4 is 5.73 Å². The first-order chi connectivity index (χ1) is 6.42. The van der Waals surface area contributed by atoms with Gasteiger partial charge in [0, 0.05) is 6.42 Å². The fourth-order valence-corrected chi connectivity index (χ4v) is 1.31. The van der Waals surface area contributed by atoms with Crippen molar-refractivity contribution in [1.82, 2.24) is 10.1 Å². The first-order valence-corrected chi connectivity index (χ1v) is 5.00. The maximum absolute atomic E-state index is 5.96. The van der Waals surface area contributed by atoms with Crippen molar-refractivity contribution in [3.05, 3.63) is 11.7 Å². The molecule has 0 saturated heterocycles. The molecule has 0 bridgehead atoms. The van der Waals surface area contributed by atoms with Crippen molar-refractivity contribution >= 4 is 0 Å². The van der Waals surface area contributed by atoms with Crippen LogP contribution in [0.1, 0.15) is 51.9 Å². The van der Waals surface area contributed by atoms with E-state index in [2.05, 4.69) is 30.9 Å². The van der Waals surface area contributed by atoms with Gasteiger partial charge in [0.05, 0.1) is 6.04 Å². The molecule has 1 atom stereocenters. The van der Waals surface area contributed by atoms with E-state index in [-0.39, 0.29) is 11.5 Å². The van der Waals surface area contributed by atoms with E-state index in [4.69, 9.17) is 10.3 Å². The minimum Gasteiger partial charge on any atom is -0.339 e. The van der Waals surface area contributed by atoms with E-state index in [9.17, 15) is 0 Å². The van der Waals surface area contributed by atoms with Gasteiger partial charge in [-0.3, -0.25) is 0 Å². The van der Waals surface area contributed by atoms with Gasteiger partial charge in [-0.2, -0.15) is 4.98 Å². The van der Waals surface area contributed by atoms with Crippen molar-refractivity contribution in [1.29, 1.82) is 0 Å². The third-order valence-electron chi connectivity index (χ3n) is 1.95. The molecule has 0 aliphatic rings. The second-order valence-corrected chi connectivity index (χ2v) is 4.77. The number of nitrogens with zero attached hydrogens (tertiary/aromatic N) is 2. The number of aryl methyl sites for hydroxylation is 1. The van der Waals surface area contributed by atoms with Crippen molar-refractivity contribution in [3.8, 4) is 0 Å². The maximum Gasteiger partial charge on any atom is 0.226 e. The van der Waals surface area contributed by atoms with Crippen molar-refractivity contribution in [2.75, 3.05) is 0 Å². The van der Waals surface area contributed by atoms with Crippen LogP contribution >= 0.6 is 0 Å². The summed E-state index contributed by atoms with van der Waals surface area (Å²) in [5.74, 6) is 1.28. The molecule has 2 N–H and O–H groups in total. The van der Waals surface area contributed by atoms with Crippen molar-refractivity contribution in [3.63, 3.8) is 0 Å². The Balaban J connectivity index is 2.65. The highest BCUT2D eigenvalue weighted by molar-refractivity contribution is 4.94. The van der Waals surface area contributed by atoms with E-state index < -0.39 is 0 Å². The summed E-state index contributed by atoms with van der Waals surface area (Å²) >= 11 is 0. The molecule has 80 valence electrons. The van der Waals surface area contributed by atoms with Crippen LogP contribution in [-0.4, -0.2) is 10.1 Å². The zero-order valence-electron chi connectivity index (χ0n) is 9.37. The van der Waals surface area contributed by atoms with Gasteiger partial charge in [-0.25, -0.2) is 0 Å². The van der Waals surface area contributed by atoms with Crippen LogP contribution in [0.5, 0.6) is 0 Å². The number of hydrogen-bond acceptors (Lipinski definition) is 4. The largest absolute Gasteiger partial charge is 0.339 e. The summed E-state index contributed by atoms with van der Waals surface area (Å²) in [6.45, 7) is 8.42. The molecule has 1 heterocycles. The van der Waals surface area contributed by atoms with Gasteiger partial charge in [-0.05, 0) is 11.8 Å². The molecule has 1 unspecified atom stereocenters. The molecule has 0 aromatic carbocycles. The lowest BCUT2D eigenvalue weighted by atomic mass is 9.88. The van der Waals surface area contributed by atoms with Gasteiger partial charge in [0.25, 0.3) is 0 Å². The first kappa shape index (κ1) is 11.2. The molecule has 0 spiro atoms. The Morgan fingerprint density at radius 2 is 2.07 bits per heavy atom. The Hall–Kier alpha value is -0.900. The Kier molecular flexibility index (Phi) is 3.26. The number of hydrogen-bond donors (Lipinski definition) is 1. The molecule has 0 amide bonds. The average molecular weight is 197 g/mol. The summed E-state index contributed by atoms with van der Waals surface area (Å²) in [6, 6.07) is -0.126. The monoisotopic (exact) mass is 197 g/mol. The van der Waals surface area contributed by atoms with Crippen molar-refractivity contribution < 1.29 is 4.52 Å². The van der Waals surface area contributed by atoms with Crippen LogP contribution in [-0.2, 0) is 6.42 Å². The molecule has 0 radical (unpaired) electrons. The molecule has 1 aromatic heterocycles. The molecule has 4 heteroatoms. The van der Waals surface area contributed by atoms with Crippen molar-refractivity contribution in [2.24, 2.45) is 11.1 Å². The lowest BCUT2D eigenvalue weighted by Gasteiger charge is -2.20. The molecule has 0 fully saturated rings. The maximum atomic E-state index is 5.96. The Morgan fingerprint density at radius 3 is 2.50 bits per heavy atom. The van der Waals surface area contributed by atoms with Crippen LogP contribution in [0.4, 0.5) is 0 Å². The van der Waals surface area contributed by atoms with E-state index in [1.165, 1.54) is 0 Å². The van der Waals surface area contributed by atoms with Crippen LogP contribution in [0.3, 0.4) is 0 Å². The summed E-state index contributed by atoms with van der Waals surface area (Å²) in [7, 11) is 0. The summed E-state index contributed by atoms with van der Waals surface area (Å²) < 4.78 is 5.01. The van der Waals surface area contributed by atoms with Gasteiger partial charge < -0.3 is 10.3 Å². The van der Waals surface area contributed by atoms with E-state index in [0.717, 1.165) is 12.8 Å². The molecule has 0 aliphatic carbocycles. The predicted molar refractivity (Wildman–Crippen MR) is 54.7 cm³/mol. The molecular weight excluding hydrogens is 178 g/mol. The van der Waals surface area contributed by atoms with Gasteiger partial charge in [0.15, 0.2) is 5.82 Å². The van der Waals surface area contributed by atoms with Crippen molar-refractivity contribution in [2.45, 2.75) is 46.6 Å². The quantitative estimate of drug-likeness (QED) is 0.805.